The maximum absolute atomic E-state index is 12.8. The Hall–Kier alpha value is -1.10. The maximum Gasteiger partial charge on any atom is 0.319 e. The molecule has 0 aromatic heterocycles. The molecule has 1 atom stereocenters. The summed E-state index contributed by atoms with van der Waals surface area (Å²) in [5.74, 6) is -3.45. The SMILES string of the molecule is CC(C)Cc1ccc(C(C)NCC(F)(F)C(F)F)cc1. The predicted molar refractivity (Wildman–Crippen MR) is 72.4 cm³/mol. The third-order valence-corrected chi connectivity index (χ3v) is 3.09. The van der Waals surface area contributed by atoms with Crippen molar-refractivity contribution >= 4 is 0 Å². The van der Waals surface area contributed by atoms with Gasteiger partial charge in [-0.15, -0.1) is 0 Å². The molecule has 114 valence electrons. The number of nitrogens with one attached hydrogen (secondary N) is 1. The van der Waals surface area contributed by atoms with E-state index in [-0.39, 0.29) is 0 Å². The van der Waals surface area contributed by atoms with Gasteiger partial charge in [-0.25, -0.2) is 8.78 Å². The van der Waals surface area contributed by atoms with Crippen molar-refractivity contribution in [1.82, 2.24) is 5.32 Å². The van der Waals surface area contributed by atoms with Gasteiger partial charge in [0.25, 0.3) is 0 Å². The lowest BCUT2D eigenvalue weighted by molar-refractivity contribution is -0.126. The molecule has 0 spiro atoms. The van der Waals surface area contributed by atoms with Crippen LogP contribution in [0.1, 0.15) is 37.9 Å². The predicted octanol–water partition coefficient (Wildman–Crippen LogP) is 4.44. The molecule has 1 rings (SSSR count). The molecule has 0 aliphatic carbocycles. The molecule has 0 saturated heterocycles. The van der Waals surface area contributed by atoms with Crippen LogP contribution in [0, 0.1) is 5.92 Å². The van der Waals surface area contributed by atoms with Gasteiger partial charge < -0.3 is 5.32 Å². The molecule has 0 aliphatic heterocycles. The largest absolute Gasteiger partial charge is 0.319 e. The first-order chi connectivity index (χ1) is 9.22. The van der Waals surface area contributed by atoms with Crippen LogP contribution in [0.15, 0.2) is 24.3 Å². The van der Waals surface area contributed by atoms with Gasteiger partial charge in [-0.3, -0.25) is 0 Å². The van der Waals surface area contributed by atoms with Gasteiger partial charge in [-0.1, -0.05) is 38.1 Å². The third kappa shape index (κ3) is 5.12. The van der Waals surface area contributed by atoms with Crippen molar-refractivity contribution in [2.75, 3.05) is 6.54 Å². The zero-order valence-corrected chi connectivity index (χ0v) is 12.0. The lowest BCUT2D eigenvalue weighted by atomic mass is 10.00. The molecule has 1 nitrogen and oxygen atoms in total. The highest BCUT2D eigenvalue weighted by Gasteiger charge is 2.40. The van der Waals surface area contributed by atoms with E-state index in [2.05, 4.69) is 19.2 Å². The Labute approximate surface area is 117 Å². The normalized spacial score (nSPS) is 14.1. The summed E-state index contributed by atoms with van der Waals surface area (Å²) in [7, 11) is 0. The van der Waals surface area contributed by atoms with Crippen molar-refractivity contribution in [3.05, 3.63) is 35.4 Å². The van der Waals surface area contributed by atoms with E-state index in [4.69, 9.17) is 0 Å². The number of rotatable bonds is 7. The number of hydrogen-bond acceptors (Lipinski definition) is 1. The zero-order valence-electron chi connectivity index (χ0n) is 12.0. The van der Waals surface area contributed by atoms with Crippen LogP contribution in [0.2, 0.25) is 0 Å². The van der Waals surface area contributed by atoms with Crippen LogP contribution in [0.3, 0.4) is 0 Å². The summed E-state index contributed by atoms with van der Waals surface area (Å²) in [6, 6.07) is 7.18. The average Bonchev–Trinajstić information content (AvgIpc) is 2.36. The van der Waals surface area contributed by atoms with E-state index in [0.717, 1.165) is 12.0 Å². The third-order valence-electron chi connectivity index (χ3n) is 3.09. The molecular formula is C15H21F4N. The highest BCUT2D eigenvalue weighted by molar-refractivity contribution is 5.25. The standard InChI is InChI=1S/C15H21F4N/c1-10(2)8-12-4-6-13(7-5-12)11(3)20-9-15(18,19)14(16)17/h4-7,10-11,14,20H,8-9H2,1-3H3. The van der Waals surface area contributed by atoms with Gasteiger partial charge in [0.1, 0.15) is 0 Å². The molecule has 5 heteroatoms. The molecule has 0 saturated carbocycles. The molecule has 0 heterocycles. The van der Waals surface area contributed by atoms with Gasteiger partial charge in [0, 0.05) is 6.04 Å². The lowest BCUT2D eigenvalue weighted by Crippen LogP contribution is -2.39. The molecular weight excluding hydrogens is 270 g/mol. The summed E-state index contributed by atoms with van der Waals surface area (Å²) in [4.78, 5) is 0. The number of alkyl halides is 4. The second-order valence-electron chi connectivity index (χ2n) is 5.50. The molecule has 1 aromatic rings. The van der Waals surface area contributed by atoms with Gasteiger partial charge >= 0.3 is 12.3 Å². The molecule has 1 N–H and O–H groups in total. The van der Waals surface area contributed by atoms with Gasteiger partial charge in [0.2, 0.25) is 0 Å². The van der Waals surface area contributed by atoms with Gasteiger partial charge in [0.05, 0.1) is 6.54 Å². The van der Waals surface area contributed by atoms with Crippen molar-refractivity contribution in [3.8, 4) is 0 Å². The monoisotopic (exact) mass is 291 g/mol. The summed E-state index contributed by atoms with van der Waals surface area (Å²) in [5, 5.41) is 2.45. The van der Waals surface area contributed by atoms with Crippen molar-refractivity contribution < 1.29 is 17.6 Å². The van der Waals surface area contributed by atoms with E-state index in [1.165, 1.54) is 5.56 Å². The van der Waals surface area contributed by atoms with Crippen molar-refractivity contribution in [2.45, 2.75) is 45.6 Å². The van der Waals surface area contributed by atoms with Crippen LogP contribution in [0.5, 0.6) is 0 Å². The lowest BCUT2D eigenvalue weighted by Gasteiger charge is -2.20. The highest BCUT2D eigenvalue weighted by atomic mass is 19.3. The Morgan fingerprint density at radius 1 is 1.05 bits per heavy atom. The van der Waals surface area contributed by atoms with Gasteiger partial charge in [-0.05, 0) is 30.4 Å². The minimum absolute atomic E-state index is 0.396. The summed E-state index contributed by atoms with van der Waals surface area (Å²) < 4.78 is 49.7. The van der Waals surface area contributed by atoms with Gasteiger partial charge in [-0.2, -0.15) is 8.78 Å². The van der Waals surface area contributed by atoms with E-state index < -0.39 is 24.9 Å². The first-order valence-corrected chi connectivity index (χ1v) is 6.70. The Kier molecular flexibility index (Phi) is 5.99. The quantitative estimate of drug-likeness (QED) is 0.732. The molecule has 0 bridgehead atoms. The van der Waals surface area contributed by atoms with E-state index in [9.17, 15) is 17.6 Å². The van der Waals surface area contributed by atoms with Crippen molar-refractivity contribution in [1.29, 1.82) is 0 Å². The summed E-state index contributed by atoms with van der Waals surface area (Å²) in [6.45, 7) is 4.88. The highest BCUT2D eigenvalue weighted by Crippen LogP contribution is 2.23. The van der Waals surface area contributed by atoms with E-state index >= 15 is 0 Å². The average molecular weight is 291 g/mol. The Bertz CT molecular complexity index is 401. The minimum atomic E-state index is -3.99. The molecule has 1 aromatic carbocycles. The van der Waals surface area contributed by atoms with Crippen LogP contribution in [0.25, 0.3) is 0 Å². The Balaban J connectivity index is 2.57. The number of benzene rings is 1. The fraction of sp³-hybridized carbons (Fsp3) is 0.600. The maximum atomic E-state index is 12.8. The number of hydrogen-bond donors (Lipinski definition) is 1. The second kappa shape index (κ2) is 7.07. The Morgan fingerprint density at radius 3 is 2.05 bits per heavy atom. The molecule has 0 amide bonds. The summed E-state index contributed by atoms with van der Waals surface area (Å²) in [6.07, 6.45) is -2.69. The van der Waals surface area contributed by atoms with Gasteiger partial charge in [0.15, 0.2) is 0 Å². The van der Waals surface area contributed by atoms with Crippen LogP contribution in [-0.2, 0) is 6.42 Å². The smallest absolute Gasteiger partial charge is 0.304 e. The molecule has 0 fully saturated rings. The topological polar surface area (TPSA) is 12.0 Å². The van der Waals surface area contributed by atoms with E-state index in [0.29, 0.717) is 5.92 Å². The minimum Gasteiger partial charge on any atom is -0.304 e. The first kappa shape index (κ1) is 17.0. The summed E-state index contributed by atoms with van der Waals surface area (Å²) in [5.41, 5.74) is 1.98. The molecule has 0 radical (unpaired) electrons. The fourth-order valence-corrected chi connectivity index (χ4v) is 1.90. The molecule has 1 unspecified atom stereocenters. The van der Waals surface area contributed by atoms with E-state index in [1.807, 2.05) is 24.3 Å². The first-order valence-electron chi connectivity index (χ1n) is 6.70. The van der Waals surface area contributed by atoms with Crippen LogP contribution in [0.4, 0.5) is 17.6 Å². The second-order valence-corrected chi connectivity index (χ2v) is 5.50. The van der Waals surface area contributed by atoms with Crippen LogP contribution >= 0.6 is 0 Å². The van der Waals surface area contributed by atoms with Crippen LogP contribution in [-0.4, -0.2) is 18.9 Å². The van der Waals surface area contributed by atoms with Crippen molar-refractivity contribution in [3.63, 3.8) is 0 Å². The number of halogens is 4. The molecule has 20 heavy (non-hydrogen) atoms. The van der Waals surface area contributed by atoms with Crippen molar-refractivity contribution in [2.24, 2.45) is 5.92 Å². The zero-order chi connectivity index (χ0) is 15.3. The van der Waals surface area contributed by atoms with Crippen LogP contribution < -0.4 is 5.32 Å². The Morgan fingerprint density at radius 2 is 1.60 bits per heavy atom. The summed E-state index contributed by atoms with van der Waals surface area (Å²) >= 11 is 0. The fourth-order valence-electron chi connectivity index (χ4n) is 1.90. The molecule has 0 aliphatic rings. The van der Waals surface area contributed by atoms with E-state index in [1.54, 1.807) is 6.92 Å².